The molecule has 2 aromatic rings. The minimum Gasteiger partial charge on any atom is -0.321 e. The first-order valence-electron chi connectivity index (χ1n) is 7.99. The maximum atomic E-state index is 13.2. The van der Waals surface area contributed by atoms with Crippen LogP contribution in [-0.2, 0) is 0 Å². The molecule has 0 radical (unpaired) electrons. The highest BCUT2D eigenvalue weighted by molar-refractivity contribution is 5.66. The van der Waals surface area contributed by atoms with Gasteiger partial charge in [-0.15, -0.1) is 0 Å². The van der Waals surface area contributed by atoms with Crippen molar-refractivity contribution < 1.29 is 8.78 Å². The van der Waals surface area contributed by atoms with Gasteiger partial charge in [-0.05, 0) is 43.7 Å². The Morgan fingerprint density at radius 1 is 1.23 bits per heavy atom. The van der Waals surface area contributed by atoms with Crippen molar-refractivity contribution in [3.63, 3.8) is 0 Å². The predicted molar refractivity (Wildman–Crippen MR) is 79.7 cm³/mol. The van der Waals surface area contributed by atoms with Crippen LogP contribution in [0.3, 0.4) is 0 Å². The first kappa shape index (κ1) is 13.9. The van der Waals surface area contributed by atoms with E-state index in [1.807, 2.05) is 24.8 Å². The highest BCUT2D eigenvalue weighted by Crippen LogP contribution is 2.43. The average molecular weight is 303 g/mol. The highest BCUT2D eigenvalue weighted by atomic mass is 19.3. The predicted octanol–water partition coefficient (Wildman–Crippen LogP) is 4.45. The fraction of sp³-hybridized carbons (Fsp3) is 0.529. The second-order valence-electron chi connectivity index (χ2n) is 6.51. The lowest BCUT2D eigenvalue weighted by Crippen LogP contribution is -2.25. The molecule has 2 aromatic heterocycles. The van der Waals surface area contributed by atoms with Gasteiger partial charge >= 0.3 is 0 Å². The van der Waals surface area contributed by atoms with E-state index in [9.17, 15) is 8.78 Å². The number of fused-ring (bicyclic) bond motifs is 3. The van der Waals surface area contributed by atoms with Crippen LogP contribution in [0, 0.1) is 5.92 Å². The zero-order valence-corrected chi connectivity index (χ0v) is 12.4. The standard InChI is InChI=1S/C17H19F2N3/c18-17(19)7-5-12(6-8-17)3-4-14-16-13(2-1-9-21-16)15-10-20-11-22(14)15/h1-2,9-12,14H,3-8H2. The molecule has 2 aliphatic rings. The van der Waals surface area contributed by atoms with Crippen molar-refractivity contribution >= 4 is 0 Å². The van der Waals surface area contributed by atoms with Crippen molar-refractivity contribution in [3.05, 3.63) is 36.5 Å². The van der Waals surface area contributed by atoms with Gasteiger partial charge in [0, 0.05) is 24.6 Å². The van der Waals surface area contributed by atoms with Crippen molar-refractivity contribution in [2.24, 2.45) is 5.92 Å². The summed E-state index contributed by atoms with van der Waals surface area (Å²) in [6.45, 7) is 0. The molecular formula is C17H19F2N3. The van der Waals surface area contributed by atoms with E-state index in [2.05, 4.69) is 20.6 Å². The first-order chi connectivity index (χ1) is 10.6. The number of imidazole rings is 1. The van der Waals surface area contributed by atoms with Crippen LogP contribution in [0.5, 0.6) is 0 Å². The van der Waals surface area contributed by atoms with E-state index in [4.69, 9.17) is 0 Å². The van der Waals surface area contributed by atoms with Crippen molar-refractivity contribution in [1.82, 2.24) is 14.5 Å². The number of rotatable bonds is 3. The Bertz CT molecular complexity index is 670. The molecule has 22 heavy (non-hydrogen) atoms. The molecule has 0 spiro atoms. The first-order valence-corrected chi connectivity index (χ1v) is 7.99. The third kappa shape index (κ3) is 2.32. The number of halogens is 2. The van der Waals surface area contributed by atoms with E-state index in [0.29, 0.717) is 18.8 Å². The lowest BCUT2D eigenvalue weighted by molar-refractivity contribution is -0.0468. The Morgan fingerprint density at radius 3 is 2.86 bits per heavy atom. The van der Waals surface area contributed by atoms with Crippen molar-refractivity contribution in [3.8, 4) is 11.3 Å². The Hall–Kier alpha value is -1.78. The van der Waals surface area contributed by atoms with Crippen LogP contribution in [0.2, 0.25) is 0 Å². The van der Waals surface area contributed by atoms with E-state index < -0.39 is 5.92 Å². The lowest BCUT2D eigenvalue weighted by Gasteiger charge is -2.29. The van der Waals surface area contributed by atoms with Gasteiger partial charge in [0.1, 0.15) is 0 Å². The van der Waals surface area contributed by atoms with Gasteiger partial charge in [-0.25, -0.2) is 13.8 Å². The minimum atomic E-state index is -2.43. The molecule has 0 aromatic carbocycles. The monoisotopic (exact) mass is 303 g/mol. The van der Waals surface area contributed by atoms with E-state index in [-0.39, 0.29) is 18.9 Å². The van der Waals surface area contributed by atoms with Crippen LogP contribution < -0.4 is 0 Å². The molecule has 0 bridgehead atoms. The molecule has 3 heterocycles. The molecular weight excluding hydrogens is 284 g/mol. The van der Waals surface area contributed by atoms with Crippen LogP contribution in [0.15, 0.2) is 30.9 Å². The summed E-state index contributed by atoms with van der Waals surface area (Å²) in [4.78, 5) is 8.79. The van der Waals surface area contributed by atoms with Gasteiger partial charge < -0.3 is 4.57 Å². The number of nitrogens with zero attached hydrogens (tertiary/aromatic N) is 3. The van der Waals surface area contributed by atoms with Crippen LogP contribution in [0.1, 0.15) is 50.3 Å². The number of aromatic nitrogens is 3. The molecule has 1 aliphatic heterocycles. The molecule has 3 nitrogen and oxygen atoms in total. The van der Waals surface area contributed by atoms with Crippen LogP contribution in [0.25, 0.3) is 11.3 Å². The highest BCUT2D eigenvalue weighted by Gasteiger charge is 2.36. The summed E-state index contributed by atoms with van der Waals surface area (Å²) in [5.41, 5.74) is 3.37. The van der Waals surface area contributed by atoms with Crippen molar-refractivity contribution in [2.75, 3.05) is 0 Å². The molecule has 1 fully saturated rings. The van der Waals surface area contributed by atoms with E-state index in [0.717, 1.165) is 29.8 Å². The zero-order valence-electron chi connectivity index (χ0n) is 12.4. The maximum absolute atomic E-state index is 13.2. The third-order valence-electron chi connectivity index (χ3n) is 5.12. The van der Waals surface area contributed by atoms with Crippen LogP contribution in [-0.4, -0.2) is 20.5 Å². The number of pyridine rings is 1. The summed E-state index contributed by atoms with van der Waals surface area (Å²) in [6, 6.07) is 4.23. The summed E-state index contributed by atoms with van der Waals surface area (Å²) in [5, 5.41) is 0. The molecule has 1 saturated carbocycles. The topological polar surface area (TPSA) is 30.7 Å². The molecule has 1 unspecified atom stereocenters. The fourth-order valence-electron chi connectivity index (χ4n) is 3.85. The fourth-order valence-corrected chi connectivity index (χ4v) is 3.85. The smallest absolute Gasteiger partial charge is 0.248 e. The van der Waals surface area contributed by atoms with Gasteiger partial charge in [0.2, 0.25) is 5.92 Å². The third-order valence-corrected chi connectivity index (χ3v) is 5.12. The summed E-state index contributed by atoms with van der Waals surface area (Å²) >= 11 is 0. The van der Waals surface area contributed by atoms with E-state index in [1.165, 1.54) is 0 Å². The molecule has 1 aliphatic carbocycles. The summed E-state index contributed by atoms with van der Waals surface area (Å²) in [5.74, 6) is -2.02. The van der Waals surface area contributed by atoms with Crippen LogP contribution in [0.4, 0.5) is 8.78 Å². The second kappa shape index (κ2) is 5.14. The van der Waals surface area contributed by atoms with Gasteiger partial charge in [0.05, 0.1) is 30.0 Å². The summed E-state index contributed by atoms with van der Waals surface area (Å²) in [7, 11) is 0. The Morgan fingerprint density at radius 2 is 2.05 bits per heavy atom. The Balaban J connectivity index is 1.48. The molecule has 0 amide bonds. The molecule has 4 rings (SSSR count). The number of hydrogen-bond donors (Lipinski definition) is 0. The number of alkyl halides is 2. The lowest BCUT2D eigenvalue weighted by atomic mass is 9.83. The molecule has 116 valence electrons. The largest absolute Gasteiger partial charge is 0.321 e. The summed E-state index contributed by atoms with van der Waals surface area (Å²) < 4.78 is 28.7. The second-order valence-corrected chi connectivity index (χ2v) is 6.51. The minimum absolute atomic E-state index is 0.0491. The molecule has 0 saturated heterocycles. The normalized spacial score (nSPS) is 23.3. The van der Waals surface area contributed by atoms with E-state index >= 15 is 0 Å². The molecule has 5 heteroatoms. The SMILES string of the molecule is FC1(F)CCC(CCC2c3ncccc3-c3cncn32)CC1. The van der Waals surface area contributed by atoms with Gasteiger partial charge in [-0.2, -0.15) is 0 Å². The van der Waals surface area contributed by atoms with Gasteiger partial charge in [-0.3, -0.25) is 4.98 Å². The van der Waals surface area contributed by atoms with Crippen LogP contribution >= 0.6 is 0 Å². The number of hydrogen-bond acceptors (Lipinski definition) is 2. The zero-order chi connectivity index (χ0) is 15.2. The van der Waals surface area contributed by atoms with Gasteiger partial charge in [0.25, 0.3) is 0 Å². The quantitative estimate of drug-likeness (QED) is 0.838. The van der Waals surface area contributed by atoms with Crippen molar-refractivity contribution in [1.29, 1.82) is 0 Å². The Labute approximate surface area is 128 Å². The molecule has 0 N–H and O–H groups in total. The summed E-state index contributed by atoms with van der Waals surface area (Å²) in [6.07, 6.45) is 8.88. The molecule has 1 atom stereocenters. The average Bonchev–Trinajstić information content (AvgIpc) is 3.08. The van der Waals surface area contributed by atoms with Crippen molar-refractivity contribution in [2.45, 2.75) is 50.5 Å². The maximum Gasteiger partial charge on any atom is 0.248 e. The van der Waals surface area contributed by atoms with Gasteiger partial charge in [0.15, 0.2) is 0 Å². The van der Waals surface area contributed by atoms with E-state index in [1.54, 1.807) is 0 Å². The van der Waals surface area contributed by atoms with Gasteiger partial charge in [-0.1, -0.05) is 0 Å². The Kier molecular flexibility index (Phi) is 3.24.